The fraction of sp³-hybridized carbons (Fsp3) is 0.344. The summed E-state index contributed by atoms with van der Waals surface area (Å²) in [6, 6.07) is 22.0. The Morgan fingerprint density at radius 1 is 0.868 bits per heavy atom. The van der Waals surface area contributed by atoms with Crippen LogP contribution in [0.1, 0.15) is 64.2 Å². The number of alkyl halides is 1. The Morgan fingerprint density at radius 2 is 1.50 bits per heavy atom. The van der Waals surface area contributed by atoms with Gasteiger partial charge in [-0.1, -0.05) is 95.1 Å². The Bertz CT molecular complexity index is 1500. The molecular weight excluding hydrogens is 473 g/mol. The van der Waals surface area contributed by atoms with Crippen molar-refractivity contribution in [3.8, 4) is 23.0 Å². The normalized spacial score (nSPS) is 12.3. The molecule has 0 aliphatic heterocycles. The number of nitrogens with zero attached hydrogens (tertiary/aromatic N) is 5. The van der Waals surface area contributed by atoms with Crippen LogP contribution in [0.3, 0.4) is 0 Å². The summed E-state index contributed by atoms with van der Waals surface area (Å²) in [4.78, 5) is 9.54. The maximum Gasteiger partial charge on any atom is 0.255 e. The fourth-order valence-electron chi connectivity index (χ4n) is 4.45. The van der Waals surface area contributed by atoms with Gasteiger partial charge in [0.15, 0.2) is 5.82 Å². The van der Waals surface area contributed by atoms with Crippen molar-refractivity contribution in [1.29, 1.82) is 0 Å². The quantitative estimate of drug-likeness (QED) is 0.230. The molecule has 5 nitrogen and oxygen atoms in total. The maximum atomic E-state index is 14.8. The van der Waals surface area contributed by atoms with Gasteiger partial charge in [0.05, 0.1) is 16.7 Å². The minimum Gasteiger partial charge on any atom is -0.266 e. The number of hydrogen-bond donors (Lipinski definition) is 0. The summed E-state index contributed by atoms with van der Waals surface area (Å²) >= 11 is 0. The molecule has 2 aromatic heterocycles. The van der Waals surface area contributed by atoms with Gasteiger partial charge in [0.25, 0.3) is 5.95 Å². The number of unbranched alkanes of at least 4 members (excludes halogenated alkanes) is 1. The minimum atomic E-state index is -1.04. The first-order chi connectivity index (χ1) is 18.2. The second kappa shape index (κ2) is 11.3. The van der Waals surface area contributed by atoms with Crippen LogP contribution in [0.4, 0.5) is 4.39 Å². The van der Waals surface area contributed by atoms with Crippen LogP contribution in [-0.2, 0) is 5.41 Å². The Labute approximate surface area is 225 Å². The largest absolute Gasteiger partial charge is 0.266 e. The SMILES string of the molecule is CCCC.Cc1cccc(C)c1-n1nc(-n2cnc3ccccc32)nc1-c1ccccc1C(C)(C)[C@@H](C)F. The highest BCUT2D eigenvalue weighted by molar-refractivity contribution is 5.77. The molecule has 5 rings (SSSR count). The molecule has 0 spiro atoms. The molecule has 0 aliphatic rings. The number of aryl methyl sites for hydroxylation is 2. The van der Waals surface area contributed by atoms with E-state index in [1.54, 1.807) is 13.3 Å². The van der Waals surface area contributed by atoms with E-state index in [-0.39, 0.29) is 0 Å². The lowest BCUT2D eigenvalue weighted by atomic mass is 9.78. The molecule has 0 fully saturated rings. The van der Waals surface area contributed by atoms with E-state index in [0.717, 1.165) is 39.0 Å². The minimum absolute atomic E-state index is 0.521. The summed E-state index contributed by atoms with van der Waals surface area (Å²) in [6.45, 7) is 14.0. The number of rotatable bonds is 6. The highest BCUT2D eigenvalue weighted by Gasteiger charge is 2.32. The van der Waals surface area contributed by atoms with E-state index in [9.17, 15) is 4.39 Å². The van der Waals surface area contributed by atoms with Gasteiger partial charge in [0.2, 0.25) is 0 Å². The van der Waals surface area contributed by atoms with E-state index in [4.69, 9.17) is 10.1 Å². The molecule has 5 aromatic rings. The topological polar surface area (TPSA) is 48.5 Å². The van der Waals surface area contributed by atoms with Crippen molar-refractivity contribution >= 4 is 11.0 Å². The zero-order valence-electron chi connectivity index (χ0n) is 23.5. The van der Waals surface area contributed by atoms with E-state index >= 15 is 0 Å². The fourth-order valence-corrected chi connectivity index (χ4v) is 4.45. The number of benzene rings is 3. The van der Waals surface area contributed by atoms with Crippen LogP contribution in [0.15, 0.2) is 73.1 Å². The number of imidazole rings is 1. The second-order valence-corrected chi connectivity index (χ2v) is 10.4. The third-order valence-electron chi connectivity index (χ3n) is 7.27. The Kier molecular flexibility index (Phi) is 8.10. The molecule has 0 saturated carbocycles. The summed E-state index contributed by atoms with van der Waals surface area (Å²) in [5.41, 5.74) is 6.01. The highest BCUT2D eigenvalue weighted by Crippen LogP contribution is 2.37. The average molecular weight is 512 g/mol. The number of fused-ring (bicyclic) bond motifs is 1. The monoisotopic (exact) mass is 511 g/mol. The Balaban J connectivity index is 0.000000786. The molecule has 0 N–H and O–H groups in total. The van der Waals surface area contributed by atoms with Gasteiger partial charge in [-0.15, -0.1) is 5.10 Å². The van der Waals surface area contributed by atoms with Crippen molar-refractivity contribution in [3.63, 3.8) is 0 Å². The van der Waals surface area contributed by atoms with Crippen LogP contribution in [0.5, 0.6) is 0 Å². The molecule has 2 heterocycles. The van der Waals surface area contributed by atoms with Crippen LogP contribution < -0.4 is 0 Å². The zero-order valence-corrected chi connectivity index (χ0v) is 23.5. The number of para-hydroxylation sites is 3. The average Bonchev–Trinajstić information content (AvgIpc) is 3.53. The molecule has 0 unspecified atom stereocenters. The van der Waals surface area contributed by atoms with E-state index in [1.165, 1.54) is 12.8 Å². The molecule has 0 radical (unpaired) electrons. The predicted molar refractivity (Wildman–Crippen MR) is 155 cm³/mol. The summed E-state index contributed by atoms with van der Waals surface area (Å²) in [5.74, 6) is 1.20. The first-order valence-corrected chi connectivity index (χ1v) is 13.4. The summed E-state index contributed by atoms with van der Waals surface area (Å²) in [6.07, 6.45) is 3.35. The number of hydrogen-bond acceptors (Lipinski definition) is 3. The predicted octanol–water partition coefficient (Wildman–Crippen LogP) is 8.33. The van der Waals surface area contributed by atoms with Crippen LogP contribution in [0.25, 0.3) is 34.1 Å². The molecule has 6 heteroatoms. The van der Waals surface area contributed by atoms with Gasteiger partial charge in [-0.2, -0.15) is 4.98 Å². The first kappa shape index (κ1) is 27.2. The van der Waals surface area contributed by atoms with Gasteiger partial charge in [-0.25, -0.2) is 14.1 Å². The molecule has 198 valence electrons. The third kappa shape index (κ3) is 5.13. The van der Waals surface area contributed by atoms with Crippen molar-refractivity contribution in [1.82, 2.24) is 24.3 Å². The lowest BCUT2D eigenvalue weighted by Gasteiger charge is -2.29. The molecule has 38 heavy (non-hydrogen) atoms. The molecule has 0 amide bonds. The third-order valence-corrected chi connectivity index (χ3v) is 7.27. The van der Waals surface area contributed by atoms with Crippen LogP contribution in [0.2, 0.25) is 0 Å². The highest BCUT2D eigenvalue weighted by atomic mass is 19.1. The smallest absolute Gasteiger partial charge is 0.255 e. The van der Waals surface area contributed by atoms with E-state index in [1.807, 2.05) is 77.7 Å². The van der Waals surface area contributed by atoms with Gasteiger partial charge in [0.1, 0.15) is 12.5 Å². The molecule has 0 saturated heterocycles. The van der Waals surface area contributed by atoms with Gasteiger partial charge in [-0.3, -0.25) is 4.57 Å². The van der Waals surface area contributed by atoms with Gasteiger partial charge >= 0.3 is 0 Å². The van der Waals surface area contributed by atoms with Gasteiger partial charge in [-0.05, 0) is 49.6 Å². The Hall–Kier alpha value is -3.80. The van der Waals surface area contributed by atoms with Crippen molar-refractivity contribution in [3.05, 3.63) is 89.7 Å². The van der Waals surface area contributed by atoms with E-state index < -0.39 is 11.6 Å². The second-order valence-electron chi connectivity index (χ2n) is 10.4. The van der Waals surface area contributed by atoms with Crippen molar-refractivity contribution in [2.45, 2.75) is 72.9 Å². The van der Waals surface area contributed by atoms with Crippen molar-refractivity contribution in [2.75, 3.05) is 0 Å². The first-order valence-electron chi connectivity index (χ1n) is 13.4. The van der Waals surface area contributed by atoms with Crippen LogP contribution in [0, 0.1) is 13.8 Å². The standard InChI is InChI=1S/C28H28FN5.C4H10/c1-18-11-10-12-19(2)25(18)34-26(21-13-6-7-14-22(21)28(4,5)20(3)29)31-27(32-34)33-17-30-23-15-8-9-16-24(23)33;1-3-4-2/h6-17,20H,1-5H3;3-4H2,1-2H3/t20-;/m1./s1. The van der Waals surface area contributed by atoms with E-state index in [2.05, 4.69) is 44.8 Å². The number of aromatic nitrogens is 5. The molecule has 3 aromatic carbocycles. The van der Waals surface area contributed by atoms with Crippen molar-refractivity contribution < 1.29 is 4.39 Å². The zero-order chi connectivity index (χ0) is 27.4. The summed E-state index contributed by atoms with van der Waals surface area (Å²) in [5, 5.41) is 4.97. The maximum absolute atomic E-state index is 14.8. The molecule has 0 bridgehead atoms. The lowest BCUT2D eigenvalue weighted by molar-refractivity contribution is 0.237. The van der Waals surface area contributed by atoms with Gasteiger partial charge in [0, 0.05) is 11.0 Å². The number of halogens is 1. The summed E-state index contributed by atoms with van der Waals surface area (Å²) in [7, 11) is 0. The van der Waals surface area contributed by atoms with Crippen LogP contribution in [-0.4, -0.2) is 30.5 Å². The lowest BCUT2D eigenvalue weighted by Crippen LogP contribution is -2.28. The van der Waals surface area contributed by atoms with E-state index in [0.29, 0.717) is 11.8 Å². The van der Waals surface area contributed by atoms with Crippen LogP contribution >= 0.6 is 0 Å². The molecule has 0 aliphatic carbocycles. The molecule has 1 atom stereocenters. The summed E-state index contributed by atoms with van der Waals surface area (Å²) < 4.78 is 18.6. The Morgan fingerprint density at radius 3 is 2.16 bits per heavy atom. The van der Waals surface area contributed by atoms with Crippen molar-refractivity contribution in [2.24, 2.45) is 0 Å². The van der Waals surface area contributed by atoms with Gasteiger partial charge < -0.3 is 0 Å². The molecular formula is C32H38FN5.